The van der Waals surface area contributed by atoms with Gasteiger partial charge in [-0.3, -0.25) is 4.90 Å². The number of nitrogens with zero attached hydrogens (tertiary/aromatic N) is 2. The van der Waals surface area contributed by atoms with E-state index in [0.717, 1.165) is 7.11 Å². The fraction of sp³-hybridized carbons (Fsp3) is 0.417. The number of hydrazone groups is 1. The van der Waals surface area contributed by atoms with Crippen LogP contribution in [0.4, 0.5) is 35.5 Å². The Morgan fingerprint density at radius 1 is 1.13 bits per heavy atom. The van der Waals surface area contributed by atoms with Crippen LogP contribution in [0, 0.1) is 5.82 Å². The molecule has 8 nitrogen and oxygen atoms in total. The van der Waals surface area contributed by atoms with E-state index in [1.807, 2.05) is 0 Å². The van der Waals surface area contributed by atoms with Crippen molar-refractivity contribution in [1.82, 2.24) is 10.3 Å². The molecule has 1 saturated heterocycles. The van der Waals surface area contributed by atoms with E-state index in [0.29, 0.717) is 17.7 Å². The van der Waals surface area contributed by atoms with E-state index in [-0.39, 0.29) is 37.2 Å². The SMILES string of the molecule is COC(=O)N/N=C(/N)CN1CCO[C@H](O[C@H](C)c2cc(C(F)(F)F)cc(C(F)(F)F)c2)[C@@H]1c1ccc(F)cc1. The van der Waals surface area contributed by atoms with Gasteiger partial charge in [0.25, 0.3) is 0 Å². The number of carbonyl (C=O) groups is 1. The summed E-state index contributed by atoms with van der Waals surface area (Å²) in [6.07, 6.45) is -13.4. The number of amides is 1. The van der Waals surface area contributed by atoms with Crippen LogP contribution < -0.4 is 11.2 Å². The molecule has 39 heavy (non-hydrogen) atoms. The van der Waals surface area contributed by atoms with Gasteiger partial charge in [-0.25, -0.2) is 14.6 Å². The summed E-state index contributed by atoms with van der Waals surface area (Å²) in [6.45, 7) is 1.51. The number of nitrogens with one attached hydrogen (secondary N) is 1. The van der Waals surface area contributed by atoms with Gasteiger partial charge < -0.3 is 19.9 Å². The molecule has 0 aliphatic carbocycles. The van der Waals surface area contributed by atoms with Crippen LogP contribution in [0.3, 0.4) is 0 Å². The number of hydrogen-bond acceptors (Lipinski definition) is 6. The van der Waals surface area contributed by atoms with Crippen molar-refractivity contribution >= 4 is 11.9 Å². The largest absolute Gasteiger partial charge is 0.452 e. The molecule has 2 aromatic rings. The number of ether oxygens (including phenoxy) is 3. The highest BCUT2D eigenvalue weighted by Crippen LogP contribution is 2.39. The highest BCUT2D eigenvalue weighted by Gasteiger charge is 2.39. The fourth-order valence-corrected chi connectivity index (χ4v) is 3.91. The van der Waals surface area contributed by atoms with Crippen molar-refractivity contribution in [3.63, 3.8) is 0 Å². The molecular formula is C24H25F7N4O4. The molecule has 0 bridgehead atoms. The Kier molecular flexibility index (Phi) is 9.40. The van der Waals surface area contributed by atoms with Gasteiger partial charge in [0.1, 0.15) is 11.7 Å². The molecule has 1 fully saturated rings. The first-order valence-corrected chi connectivity index (χ1v) is 11.4. The first kappa shape index (κ1) is 30.1. The summed E-state index contributed by atoms with van der Waals surface area (Å²) in [4.78, 5) is 13.0. The molecular weight excluding hydrogens is 541 g/mol. The molecule has 3 rings (SSSR count). The third-order valence-electron chi connectivity index (χ3n) is 5.78. The van der Waals surface area contributed by atoms with Crippen molar-refractivity contribution in [1.29, 1.82) is 0 Å². The fourth-order valence-electron chi connectivity index (χ4n) is 3.91. The summed E-state index contributed by atoms with van der Waals surface area (Å²) >= 11 is 0. The van der Waals surface area contributed by atoms with Crippen LogP contribution >= 0.6 is 0 Å². The predicted molar refractivity (Wildman–Crippen MR) is 124 cm³/mol. The van der Waals surface area contributed by atoms with Crippen LogP contribution in [0.2, 0.25) is 0 Å². The lowest BCUT2D eigenvalue weighted by atomic mass is 10.0. The van der Waals surface area contributed by atoms with Crippen LogP contribution in [0.1, 0.15) is 41.3 Å². The van der Waals surface area contributed by atoms with Gasteiger partial charge in [-0.15, -0.1) is 0 Å². The van der Waals surface area contributed by atoms with Crippen LogP contribution in [-0.2, 0) is 26.6 Å². The predicted octanol–water partition coefficient (Wildman–Crippen LogP) is 4.97. The van der Waals surface area contributed by atoms with Gasteiger partial charge >= 0.3 is 18.4 Å². The van der Waals surface area contributed by atoms with Gasteiger partial charge in [-0.05, 0) is 48.4 Å². The third-order valence-corrected chi connectivity index (χ3v) is 5.78. The molecule has 3 atom stereocenters. The number of methoxy groups -OCH3 is 1. The molecule has 1 aliphatic rings. The molecule has 1 heterocycles. The lowest BCUT2D eigenvalue weighted by Crippen LogP contribution is -2.49. The van der Waals surface area contributed by atoms with Crippen LogP contribution in [-0.4, -0.2) is 49.9 Å². The summed E-state index contributed by atoms with van der Waals surface area (Å²) in [5.41, 5.74) is 5.09. The summed E-state index contributed by atoms with van der Waals surface area (Å²) in [5.74, 6) is -0.603. The van der Waals surface area contributed by atoms with E-state index >= 15 is 0 Å². The maximum atomic E-state index is 13.6. The van der Waals surface area contributed by atoms with Gasteiger partial charge in [0, 0.05) is 6.54 Å². The summed E-state index contributed by atoms with van der Waals surface area (Å²) in [5, 5.41) is 3.70. The summed E-state index contributed by atoms with van der Waals surface area (Å²) in [7, 11) is 1.12. The summed E-state index contributed by atoms with van der Waals surface area (Å²) < 4.78 is 110. The number of halogens is 7. The smallest absolute Gasteiger partial charge is 0.427 e. The average Bonchev–Trinajstić information content (AvgIpc) is 2.87. The Balaban J connectivity index is 1.93. The van der Waals surface area contributed by atoms with Crippen molar-refractivity contribution < 1.29 is 49.7 Å². The van der Waals surface area contributed by atoms with E-state index < -0.39 is 53.8 Å². The quantitative estimate of drug-likeness (QED) is 0.213. The summed E-state index contributed by atoms with van der Waals surface area (Å²) in [6, 6.07) is 5.54. The second kappa shape index (κ2) is 12.2. The minimum absolute atomic E-state index is 0.0286. The number of hydrogen-bond donors (Lipinski definition) is 2. The van der Waals surface area contributed by atoms with Gasteiger partial charge in [0.15, 0.2) is 6.29 Å². The second-order valence-electron chi connectivity index (χ2n) is 8.53. The monoisotopic (exact) mass is 566 g/mol. The van der Waals surface area contributed by atoms with E-state index in [2.05, 4.69) is 15.3 Å². The Morgan fingerprint density at radius 2 is 1.72 bits per heavy atom. The van der Waals surface area contributed by atoms with E-state index in [9.17, 15) is 35.5 Å². The van der Waals surface area contributed by atoms with Crippen LogP contribution in [0.5, 0.6) is 0 Å². The minimum Gasteiger partial charge on any atom is -0.452 e. The number of morpholine rings is 1. The Labute approximate surface area is 218 Å². The molecule has 1 amide bonds. The maximum absolute atomic E-state index is 13.6. The van der Waals surface area contributed by atoms with E-state index in [1.54, 1.807) is 4.90 Å². The number of benzene rings is 2. The van der Waals surface area contributed by atoms with Crippen molar-refractivity contribution in [2.24, 2.45) is 10.8 Å². The number of alkyl halides is 6. The zero-order chi connectivity index (χ0) is 29.0. The molecule has 3 N–H and O–H groups in total. The lowest BCUT2D eigenvalue weighted by molar-refractivity contribution is -0.227. The Bertz CT molecular complexity index is 1140. The number of rotatable bonds is 7. The minimum atomic E-state index is -5.03. The van der Waals surface area contributed by atoms with Crippen molar-refractivity contribution in [2.75, 3.05) is 26.8 Å². The standard InChI is InChI=1S/C24H25F7N4O4/c1-13(15-9-16(23(26,27)28)11-17(10-15)24(29,30)31)39-21-20(14-3-5-18(25)6-4-14)35(7-8-38-21)12-19(32)33-34-22(36)37-2/h3-6,9-11,13,20-21H,7-8,12H2,1-2H3,(H2,32,33)(H,34,36)/t13-,20+,21-/m1/s1. The molecule has 0 unspecified atom stereocenters. The topological polar surface area (TPSA) is 98.4 Å². The Morgan fingerprint density at radius 3 is 2.26 bits per heavy atom. The van der Waals surface area contributed by atoms with Crippen LogP contribution in [0.15, 0.2) is 47.6 Å². The van der Waals surface area contributed by atoms with Gasteiger partial charge in [0.2, 0.25) is 0 Å². The second-order valence-corrected chi connectivity index (χ2v) is 8.53. The molecule has 214 valence electrons. The van der Waals surface area contributed by atoms with Gasteiger partial charge in [-0.1, -0.05) is 12.1 Å². The van der Waals surface area contributed by atoms with Crippen molar-refractivity contribution in [3.05, 3.63) is 70.5 Å². The highest BCUT2D eigenvalue weighted by atomic mass is 19.4. The molecule has 0 saturated carbocycles. The average molecular weight is 566 g/mol. The van der Waals surface area contributed by atoms with Gasteiger partial charge in [-0.2, -0.15) is 31.4 Å². The molecule has 1 aliphatic heterocycles. The zero-order valence-electron chi connectivity index (χ0n) is 20.6. The van der Waals surface area contributed by atoms with Gasteiger partial charge in [0.05, 0.1) is 43.5 Å². The van der Waals surface area contributed by atoms with Crippen molar-refractivity contribution in [2.45, 2.75) is 37.7 Å². The van der Waals surface area contributed by atoms with E-state index in [1.165, 1.54) is 31.2 Å². The van der Waals surface area contributed by atoms with Crippen molar-refractivity contribution in [3.8, 4) is 0 Å². The third kappa shape index (κ3) is 8.03. The van der Waals surface area contributed by atoms with Crippen LogP contribution in [0.25, 0.3) is 0 Å². The maximum Gasteiger partial charge on any atom is 0.427 e. The lowest BCUT2D eigenvalue weighted by Gasteiger charge is -2.41. The Hall–Kier alpha value is -3.43. The highest BCUT2D eigenvalue weighted by molar-refractivity contribution is 5.83. The normalized spacial score (nSPS) is 20.0. The molecule has 0 aromatic heterocycles. The number of nitrogens with two attached hydrogens (primary N) is 1. The molecule has 15 heteroatoms. The zero-order valence-corrected chi connectivity index (χ0v) is 20.6. The number of amidine groups is 1. The first-order chi connectivity index (χ1) is 18.2. The molecule has 2 aromatic carbocycles. The molecule has 0 spiro atoms. The number of carbonyl (C=O) groups excluding carboxylic acids is 1. The first-order valence-electron chi connectivity index (χ1n) is 11.4. The molecule has 0 radical (unpaired) electrons. The van der Waals surface area contributed by atoms with E-state index in [4.69, 9.17) is 15.2 Å².